The lowest BCUT2D eigenvalue weighted by Gasteiger charge is -1.97. The van der Waals surface area contributed by atoms with Crippen LogP contribution in [0.15, 0.2) is 35.1 Å². The molecule has 4 heteroatoms. The van der Waals surface area contributed by atoms with Crippen LogP contribution in [0.2, 0.25) is 0 Å². The van der Waals surface area contributed by atoms with E-state index in [1.807, 2.05) is 0 Å². The van der Waals surface area contributed by atoms with Crippen LogP contribution < -0.4 is 5.56 Å². The molecular formula is C9H8ClNO2. The van der Waals surface area contributed by atoms with E-state index in [0.29, 0.717) is 10.9 Å². The Morgan fingerprint density at radius 3 is 2.69 bits per heavy atom. The number of halogens is 1. The number of pyridine rings is 1. The number of aromatic amines is 1. The van der Waals surface area contributed by atoms with Crippen LogP contribution in [0.5, 0.6) is 5.75 Å². The normalized spacial score (nSPS) is 9.54. The van der Waals surface area contributed by atoms with Crippen LogP contribution in [-0.2, 0) is 0 Å². The molecule has 0 amide bonds. The van der Waals surface area contributed by atoms with Crippen LogP contribution in [0.4, 0.5) is 0 Å². The predicted octanol–water partition coefficient (Wildman–Crippen LogP) is 1.66. The van der Waals surface area contributed by atoms with Gasteiger partial charge in [-0.2, -0.15) is 0 Å². The Bertz CT molecular complexity index is 478. The van der Waals surface area contributed by atoms with Gasteiger partial charge in [-0.3, -0.25) is 4.79 Å². The summed E-state index contributed by atoms with van der Waals surface area (Å²) in [6.45, 7) is 0. The average molecular weight is 198 g/mol. The number of aromatic hydroxyl groups is 1. The first-order valence-corrected chi connectivity index (χ1v) is 3.58. The zero-order valence-electron chi connectivity index (χ0n) is 6.65. The number of hydrogen-bond acceptors (Lipinski definition) is 2. The van der Waals surface area contributed by atoms with Gasteiger partial charge in [0, 0.05) is 11.5 Å². The second-order valence-corrected chi connectivity index (χ2v) is 2.56. The molecule has 0 bridgehead atoms. The first-order chi connectivity index (χ1) is 5.77. The molecule has 0 radical (unpaired) electrons. The first-order valence-electron chi connectivity index (χ1n) is 3.58. The van der Waals surface area contributed by atoms with Gasteiger partial charge in [-0.05, 0) is 12.1 Å². The Labute approximate surface area is 80.4 Å². The minimum Gasteiger partial charge on any atom is -0.507 e. The van der Waals surface area contributed by atoms with E-state index in [-0.39, 0.29) is 23.7 Å². The van der Waals surface area contributed by atoms with Gasteiger partial charge in [0.15, 0.2) is 0 Å². The summed E-state index contributed by atoms with van der Waals surface area (Å²) in [7, 11) is 0. The maximum absolute atomic E-state index is 10.9. The van der Waals surface area contributed by atoms with Gasteiger partial charge in [-0.15, -0.1) is 12.4 Å². The van der Waals surface area contributed by atoms with E-state index in [9.17, 15) is 9.90 Å². The highest BCUT2D eigenvalue weighted by atomic mass is 35.5. The summed E-state index contributed by atoms with van der Waals surface area (Å²) in [6.07, 6.45) is 0. The van der Waals surface area contributed by atoms with E-state index in [0.717, 1.165) is 0 Å². The molecule has 2 rings (SSSR count). The molecule has 0 aliphatic carbocycles. The van der Waals surface area contributed by atoms with Crippen molar-refractivity contribution in [1.82, 2.24) is 4.98 Å². The molecule has 0 fully saturated rings. The van der Waals surface area contributed by atoms with Crippen LogP contribution in [0.25, 0.3) is 10.9 Å². The Morgan fingerprint density at radius 1 is 1.23 bits per heavy atom. The van der Waals surface area contributed by atoms with Crippen molar-refractivity contribution < 1.29 is 5.11 Å². The van der Waals surface area contributed by atoms with Crippen molar-refractivity contribution in [3.05, 3.63) is 40.7 Å². The Kier molecular flexibility index (Phi) is 2.58. The summed E-state index contributed by atoms with van der Waals surface area (Å²) < 4.78 is 0. The topological polar surface area (TPSA) is 53.1 Å². The number of benzene rings is 1. The fraction of sp³-hybridized carbons (Fsp3) is 0. The number of nitrogens with one attached hydrogen (secondary N) is 1. The number of aromatic nitrogens is 1. The number of rotatable bonds is 0. The Hall–Kier alpha value is -1.48. The number of H-pyrrole nitrogens is 1. The molecule has 0 aliphatic rings. The molecule has 0 aliphatic heterocycles. The molecule has 1 aromatic heterocycles. The van der Waals surface area contributed by atoms with E-state index in [2.05, 4.69) is 4.98 Å². The lowest BCUT2D eigenvalue weighted by Crippen LogP contribution is -2.02. The van der Waals surface area contributed by atoms with Gasteiger partial charge in [0.2, 0.25) is 0 Å². The lowest BCUT2D eigenvalue weighted by molar-refractivity contribution is 0.480. The van der Waals surface area contributed by atoms with E-state index in [1.165, 1.54) is 6.07 Å². The molecule has 3 nitrogen and oxygen atoms in total. The minimum absolute atomic E-state index is 0. The highest BCUT2D eigenvalue weighted by Gasteiger charge is 1.98. The fourth-order valence-corrected chi connectivity index (χ4v) is 1.19. The third kappa shape index (κ3) is 1.65. The molecule has 0 atom stereocenters. The fourth-order valence-electron chi connectivity index (χ4n) is 1.19. The van der Waals surface area contributed by atoms with Crippen LogP contribution in [0, 0.1) is 0 Å². The molecule has 0 saturated carbocycles. The Balaban J connectivity index is 0.000000845. The molecular weight excluding hydrogens is 190 g/mol. The molecule has 0 unspecified atom stereocenters. The van der Waals surface area contributed by atoms with E-state index >= 15 is 0 Å². The smallest absolute Gasteiger partial charge is 0.252 e. The van der Waals surface area contributed by atoms with E-state index < -0.39 is 0 Å². The average Bonchev–Trinajstić information content (AvgIpc) is 2.04. The largest absolute Gasteiger partial charge is 0.507 e. The highest BCUT2D eigenvalue weighted by Crippen LogP contribution is 2.19. The molecule has 0 saturated heterocycles. The molecule has 2 N–H and O–H groups in total. The third-order valence-corrected chi connectivity index (χ3v) is 1.73. The standard InChI is InChI=1S/C9H7NO2.ClH/c11-8-5-9(12)10-7-4-2-1-3-6(7)8;/h1-5H,(H2,10,11,12);1H. The van der Waals surface area contributed by atoms with Gasteiger partial charge in [-0.1, -0.05) is 12.1 Å². The van der Waals surface area contributed by atoms with Gasteiger partial charge in [0.1, 0.15) is 5.75 Å². The molecule has 13 heavy (non-hydrogen) atoms. The second kappa shape index (κ2) is 3.49. The summed E-state index contributed by atoms with van der Waals surface area (Å²) >= 11 is 0. The van der Waals surface area contributed by atoms with Crippen molar-refractivity contribution >= 4 is 23.3 Å². The monoisotopic (exact) mass is 197 g/mol. The maximum Gasteiger partial charge on any atom is 0.252 e. The number of para-hydroxylation sites is 1. The van der Waals surface area contributed by atoms with Gasteiger partial charge < -0.3 is 10.1 Å². The summed E-state index contributed by atoms with van der Waals surface area (Å²) in [5.74, 6) is 0.0225. The molecule has 68 valence electrons. The van der Waals surface area contributed by atoms with E-state index in [1.54, 1.807) is 24.3 Å². The number of hydrogen-bond donors (Lipinski definition) is 2. The van der Waals surface area contributed by atoms with Crippen molar-refractivity contribution in [2.45, 2.75) is 0 Å². The van der Waals surface area contributed by atoms with Crippen molar-refractivity contribution in [1.29, 1.82) is 0 Å². The molecule has 1 heterocycles. The second-order valence-electron chi connectivity index (χ2n) is 2.56. The SMILES string of the molecule is Cl.O=c1cc(O)c2ccccc2[nH]1. The van der Waals surface area contributed by atoms with Crippen molar-refractivity contribution in [3.63, 3.8) is 0 Å². The molecule has 2 aromatic rings. The third-order valence-electron chi connectivity index (χ3n) is 1.73. The van der Waals surface area contributed by atoms with Crippen LogP contribution in [0.3, 0.4) is 0 Å². The van der Waals surface area contributed by atoms with Gasteiger partial charge >= 0.3 is 0 Å². The van der Waals surface area contributed by atoms with Crippen LogP contribution in [-0.4, -0.2) is 10.1 Å². The van der Waals surface area contributed by atoms with E-state index in [4.69, 9.17) is 0 Å². The zero-order valence-corrected chi connectivity index (χ0v) is 7.47. The van der Waals surface area contributed by atoms with Gasteiger partial charge in [-0.25, -0.2) is 0 Å². The first kappa shape index (κ1) is 9.61. The van der Waals surface area contributed by atoms with Crippen LogP contribution >= 0.6 is 12.4 Å². The maximum atomic E-state index is 10.9. The summed E-state index contributed by atoms with van der Waals surface area (Å²) in [4.78, 5) is 13.5. The minimum atomic E-state index is -0.286. The number of fused-ring (bicyclic) bond motifs is 1. The lowest BCUT2D eigenvalue weighted by atomic mass is 10.2. The van der Waals surface area contributed by atoms with Crippen LogP contribution in [0.1, 0.15) is 0 Å². The summed E-state index contributed by atoms with van der Waals surface area (Å²) in [5, 5.41) is 10.00. The van der Waals surface area contributed by atoms with Crippen molar-refractivity contribution in [2.75, 3.05) is 0 Å². The zero-order chi connectivity index (χ0) is 8.55. The van der Waals surface area contributed by atoms with Crippen molar-refractivity contribution in [3.8, 4) is 5.75 Å². The van der Waals surface area contributed by atoms with Gasteiger partial charge in [0.25, 0.3) is 5.56 Å². The summed E-state index contributed by atoms with van der Waals surface area (Å²) in [6, 6.07) is 8.28. The molecule has 0 spiro atoms. The predicted molar refractivity (Wildman–Crippen MR) is 53.5 cm³/mol. The molecule has 1 aromatic carbocycles. The van der Waals surface area contributed by atoms with Crippen molar-refractivity contribution in [2.24, 2.45) is 0 Å². The summed E-state index contributed by atoms with van der Waals surface area (Å²) in [5.41, 5.74) is 0.369. The highest BCUT2D eigenvalue weighted by molar-refractivity contribution is 5.85. The Morgan fingerprint density at radius 2 is 1.92 bits per heavy atom. The van der Waals surface area contributed by atoms with Gasteiger partial charge in [0.05, 0.1) is 5.52 Å². The quantitative estimate of drug-likeness (QED) is 0.675.